The Bertz CT molecular complexity index is 536. The van der Waals surface area contributed by atoms with Crippen LogP contribution < -0.4 is 10.5 Å². The Labute approximate surface area is 97.8 Å². The number of pyridine rings is 1. The minimum atomic E-state index is -0.231. The van der Waals surface area contributed by atoms with Crippen LogP contribution in [0.5, 0.6) is 5.75 Å². The van der Waals surface area contributed by atoms with Crippen molar-refractivity contribution >= 4 is 11.6 Å². The van der Waals surface area contributed by atoms with E-state index in [1.54, 1.807) is 12.3 Å². The molecule has 2 aromatic heterocycles. The first kappa shape index (κ1) is 11.1. The van der Waals surface area contributed by atoms with E-state index in [-0.39, 0.29) is 11.6 Å². The lowest BCUT2D eigenvalue weighted by atomic mass is 10.1. The van der Waals surface area contributed by atoms with Crippen LogP contribution in [0.25, 0.3) is 0 Å². The van der Waals surface area contributed by atoms with Crippen molar-refractivity contribution < 1.29 is 9.53 Å². The number of aromatic amines is 1. The van der Waals surface area contributed by atoms with Crippen LogP contribution in [-0.4, -0.2) is 27.6 Å². The summed E-state index contributed by atoms with van der Waals surface area (Å²) in [5.41, 5.74) is 6.34. The zero-order chi connectivity index (χ0) is 12.3. The molecule has 0 fully saturated rings. The number of ketones is 1. The van der Waals surface area contributed by atoms with Crippen LogP contribution in [0.1, 0.15) is 22.8 Å². The van der Waals surface area contributed by atoms with Gasteiger partial charge in [-0.05, 0) is 13.0 Å². The maximum atomic E-state index is 12.0. The van der Waals surface area contributed by atoms with Gasteiger partial charge in [-0.25, -0.2) is 0 Å². The molecular weight excluding hydrogens is 220 g/mol. The number of nitrogens with zero attached hydrogens (tertiary/aromatic N) is 2. The summed E-state index contributed by atoms with van der Waals surface area (Å²) in [7, 11) is 0. The molecule has 0 saturated carbocycles. The number of nitrogens with two attached hydrogens (primary N) is 1. The molecule has 6 heteroatoms. The van der Waals surface area contributed by atoms with Gasteiger partial charge in [-0.3, -0.25) is 14.9 Å². The largest absolute Gasteiger partial charge is 0.492 e. The van der Waals surface area contributed by atoms with Crippen molar-refractivity contribution in [2.24, 2.45) is 0 Å². The van der Waals surface area contributed by atoms with Crippen molar-refractivity contribution in [1.29, 1.82) is 0 Å². The van der Waals surface area contributed by atoms with Crippen molar-refractivity contribution in [3.05, 3.63) is 35.8 Å². The highest BCUT2D eigenvalue weighted by Crippen LogP contribution is 2.17. The number of ether oxygens (including phenoxy) is 1. The van der Waals surface area contributed by atoms with Crippen molar-refractivity contribution in [2.45, 2.75) is 6.92 Å². The number of nitrogens with one attached hydrogen (secondary N) is 1. The quantitative estimate of drug-likeness (QED) is 0.767. The lowest BCUT2D eigenvalue weighted by Gasteiger charge is -2.04. The number of hydrogen-bond donors (Lipinski definition) is 2. The number of H-pyrrole nitrogens is 1. The predicted octanol–water partition coefficient (Wildman–Crippen LogP) is 1.02. The van der Waals surface area contributed by atoms with Gasteiger partial charge < -0.3 is 10.5 Å². The van der Waals surface area contributed by atoms with Crippen LogP contribution in [-0.2, 0) is 0 Å². The molecule has 0 saturated heterocycles. The fourth-order valence-electron chi connectivity index (χ4n) is 1.42. The van der Waals surface area contributed by atoms with E-state index in [1.807, 2.05) is 6.92 Å². The number of carbonyl (C=O) groups excluding carboxylic acids is 1. The lowest BCUT2D eigenvalue weighted by molar-refractivity contribution is 0.103. The summed E-state index contributed by atoms with van der Waals surface area (Å²) in [6.45, 7) is 2.38. The third kappa shape index (κ3) is 2.25. The Balaban J connectivity index is 2.31. The monoisotopic (exact) mass is 232 g/mol. The molecule has 0 unspecified atom stereocenters. The van der Waals surface area contributed by atoms with Gasteiger partial charge in [0.15, 0.2) is 5.78 Å². The lowest BCUT2D eigenvalue weighted by Crippen LogP contribution is -2.04. The van der Waals surface area contributed by atoms with Crippen LogP contribution in [0.15, 0.2) is 24.7 Å². The molecule has 0 spiro atoms. The number of rotatable bonds is 4. The average Bonchev–Trinajstić information content (AvgIpc) is 2.75. The molecule has 88 valence electrons. The minimum Gasteiger partial charge on any atom is -0.492 e. The molecule has 6 nitrogen and oxygen atoms in total. The van der Waals surface area contributed by atoms with Gasteiger partial charge in [0.1, 0.15) is 11.6 Å². The van der Waals surface area contributed by atoms with E-state index < -0.39 is 0 Å². The van der Waals surface area contributed by atoms with E-state index in [9.17, 15) is 4.79 Å². The topological polar surface area (TPSA) is 93.9 Å². The third-order valence-corrected chi connectivity index (χ3v) is 2.20. The minimum absolute atomic E-state index is 0.231. The molecule has 2 rings (SSSR count). The number of hydrogen-bond acceptors (Lipinski definition) is 5. The summed E-state index contributed by atoms with van der Waals surface area (Å²) in [4.78, 5) is 16.0. The number of carbonyl (C=O) groups is 1. The average molecular weight is 232 g/mol. The molecule has 2 heterocycles. The highest BCUT2D eigenvalue weighted by molar-refractivity contribution is 6.11. The molecule has 3 N–H and O–H groups in total. The van der Waals surface area contributed by atoms with Gasteiger partial charge >= 0.3 is 0 Å². The van der Waals surface area contributed by atoms with Crippen LogP contribution in [0.3, 0.4) is 0 Å². The zero-order valence-electron chi connectivity index (χ0n) is 9.30. The fourth-order valence-corrected chi connectivity index (χ4v) is 1.42. The van der Waals surface area contributed by atoms with E-state index >= 15 is 0 Å². The third-order valence-electron chi connectivity index (χ3n) is 2.20. The van der Waals surface area contributed by atoms with Gasteiger partial charge in [0.2, 0.25) is 0 Å². The molecule has 0 radical (unpaired) electrons. The Kier molecular flexibility index (Phi) is 3.04. The van der Waals surface area contributed by atoms with E-state index in [2.05, 4.69) is 15.2 Å². The molecule has 0 aliphatic heterocycles. The summed E-state index contributed by atoms with van der Waals surface area (Å²) >= 11 is 0. The molecular formula is C11H12N4O2. The van der Waals surface area contributed by atoms with Gasteiger partial charge in [-0.15, -0.1) is 0 Å². The van der Waals surface area contributed by atoms with Gasteiger partial charge in [-0.1, -0.05) is 0 Å². The van der Waals surface area contributed by atoms with Gasteiger partial charge in [0, 0.05) is 11.8 Å². The first-order valence-electron chi connectivity index (χ1n) is 5.13. The predicted molar refractivity (Wildman–Crippen MR) is 61.8 cm³/mol. The smallest absolute Gasteiger partial charge is 0.200 e. The molecule has 17 heavy (non-hydrogen) atoms. The second-order valence-electron chi connectivity index (χ2n) is 3.37. The summed E-state index contributed by atoms with van der Waals surface area (Å²) in [6.07, 6.45) is 4.42. The normalized spacial score (nSPS) is 10.2. The van der Waals surface area contributed by atoms with Crippen LogP contribution >= 0.6 is 0 Å². The fraction of sp³-hybridized carbons (Fsp3) is 0.182. The first-order chi connectivity index (χ1) is 8.22. The zero-order valence-corrected chi connectivity index (χ0v) is 9.30. The van der Waals surface area contributed by atoms with Crippen LogP contribution in [0.4, 0.5) is 5.82 Å². The Morgan fingerprint density at radius 2 is 2.29 bits per heavy atom. The number of aromatic nitrogens is 3. The maximum Gasteiger partial charge on any atom is 0.200 e. The van der Waals surface area contributed by atoms with Crippen molar-refractivity contribution in [3.63, 3.8) is 0 Å². The van der Waals surface area contributed by atoms with E-state index in [1.165, 1.54) is 12.4 Å². The highest BCUT2D eigenvalue weighted by Gasteiger charge is 2.15. The second-order valence-corrected chi connectivity index (χ2v) is 3.37. The summed E-state index contributed by atoms with van der Waals surface area (Å²) in [5.74, 6) is 0.572. The number of anilines is 1. The van der Waals surface area contributed by atoms with E-state index in [0.29, 0.717) is 23.5 Å². The summed E-state index contributed by atoms with van der Waals surface area (Å²) in [6, 6.07) is 1.63. The van der Waals surface area contributed by atoms with Gasteiger partial charge in [0.25, 0.3) is 0 Å². The van der Waals surface area contributed by atoms with Gasteiger partial charge in [0.05, 0.1) is 24.6 Å². The van der Waals surface area contributed by atoms with Gasteiger partial charge in [-0.2, -0.15) is 5.10 Å². The van der Waals surface area contributed by atoms with E-state index in [4.69, 9.17) is 10.5 Å². The standard InChI is InChI=1S/C11H12N4O2/c1-2-17-8-3-7(4-13-5-8)10(16)9-6-14-15-11(9)12/h3-6H,2H2,1H3,(H3,12,14,15). The van der Waals surface area contributed by atoms with Crippen molar-refractivity contribution in [2.75, 3.05) is 12.3 Å². The summed E-state index contributed by atoms with van der Waals surface area (Å²) < 4.78 is 5.27. The van der Waals surface area contributed by atoms with Crippen LogP contribution in [0.2, 0.25) is 0 Å². The molecule has 0 aliphatic carbocycles. The number of nitrogen functional groups attached to an aromatic ring is 1. The van der Waals surface area contributed by atoms with Crippen molar-refractivity contribution in [1.82, 2.24) is 15.2 Å². The molecule has 0 bridgehead atoms. The molecule has 0 aliphatic rings. The highest BCUT2D eigenvalue weighted by atomic mass is 16.5. The molecule has 0 atom stereocenters. The van der Waals surface area contributed by atoms with E-state index in [0.717, 1.165) is 0 Å². The first-order valence-corrected chi connectivity index (χ1v) is 5.13. The maximum absolute atomic E-state index is 12.0. The van der Waals surface area contributed by atoms with Crippen molar-refractivity contribution in [3.8, 4) is 5.75 Å². The van der Waals surface area contributed by atoms with Crippen LogP contribution in [0, 0.1) is 0 Å². The Hall–Kier alpha value is -2.37. The molecule has 0 aromatic carbocycles. The second kappa shape index (κ2) is 4.65. The molecule has 2 aromatic rings. The SMILES string of the molecule is CCOc1cncc(C(=O)c2cn[nH]c2N)c1. The molecule has 0 amide bonds. The summed E-state index contributed by atoms with van der Waals surface area (Å²) in [5, 5.41) is 6.22. The Morgan fingerprint density at radius 1 is 1.47 bits per heavy atom. The Morgan fingerprint density at radius 3 is 2.94 bits per heavy atom.